The van der Waals surface area contributed by atoms with E-state index >= 15 is 0 Å². The lowest BCUT2D eigenvalue weighted by molar-refractivity contribution is -0.122. The average molecular weight is 278 g/mol. The molecule has 0 bridgehead atoms. The SMILES string of the molecule is CC(CC(=O)NC1CCCC1CN)c1ccccc1F. The van der Waals surface area contributed by atoms with Gasteiger partial charge in [0.1, 0.15) is 5.82 Å². The molecule has 2 rings (SSSR count). The summed E-state index contributed by atoms with van der Waals surface area (Å²) in [4.78, 5) is 12.1. The van der Waals surface area contributed by atoms with Gasteiger partial charge in [0.15, 0.2) is 0 Å². The van der Waals surface area contributed by atoms with Crippen LogP contribution in [-0.4, -0.2) is 18.5 Å². The molecule has 0 saturated heterocycles. The average Bonchev–Trinajstić information content (AvgIpc) is 2.86. The van der Waals surface area contributed by atoms with Crippen molar-refractivity contribution >= 4 is 5.91 Å². The van der Waals surface area contributed by atoms with Crippen LogP contribution in [0.5, 0.6) is 0 Å². The van der Waals surface area contributed by atoms with E-state index in [4.69, 9.17) is 5.73 Å². The molecule has 0 heterocycles. The standard InChI is InChI=1S/C16H23FN2O/c1-11(13-6-2-3-7-14(13)17)9-16(20)19-15-8-4-5-12(15)10-18/h2-3,6-7,11-12,15H,4-5,8-10,18H2,1H3,(H,19,20). The molecule has 0 aromatic heterocycles. The van der Waals surface area contributed by atoms with Crippen LogP contribution in [0.15, 0.2) is 24.3 Å². The highest BCUT2D eigenvalue weighted by Gasteiger charge is 2.27. The second-order valence-electron chi connectivity index (χ2n) is 5.73. The monoisotopic (exact) mass is 278 g/mol. The highest BCUT2D eigenvalue weighted by atomic mass is 19.1. The van der Waals surface area contributed by atoms with Crippen molar-refractivity contribution in [3.63, 3.8) is 0 Å². The second kappa shape index (κ2) is 6.84. The summed E-state index contributed by atoms with van der Waals surface area (Å²) in [5.74, 6) is 0.0243. The molecule has 1 aromatic carbocycles. The van der Waals surface area contributed by atoms with Crippen molar-refractivity contribution in [1.29, 1.82) is 0 Å². The van der Waals surface area contributed by atoms with Gasteiger partial charge >= 0.3 is 0 Å². The first-order valence-electron chi connectivity index (χ1n) is 7.35. The molecule has 0 aliphatic heterocycles. The first-order valence-corrected chi connectivity index (χ1v) is 7.35. The van der Waals surface area contributed by atoms with E-state index in [-0.39, 0.29) is 23.7 Å². The van der Waals surface area contributed by atoms with Crippen molar-refractivity contribution in [2.75, 3.05) is 6.54 Å². The van der Waals surface area contributed by atoms with Gasteiger partial charge in [-0.1, -0.05) is 31.5 Å². The van der Waals surface area contributed by atoms with Gasteiger partial charge in [0.05, 0.1) is 0 Å². The molecular weight excluding hydrogens is 255 g/mol. The minimum atomic E-state index is -0.242. The zero-order valence-corrected chi connectivity index (χ0v) is 11.9. The van der Waals surface area contributed by atoms with Crippen LogP contribution in [0.4, 0.5) is 4.39 Å². The molecule has 1 amide bonds. The minimum absolute atomic E-state index is 0.00824. The van der Waals surface area contributed by atoms with Gasteiger partial charge in [0.2, 0.25) is 5.91 Å². The van der Waals surface area contributed by atoms with Gasteiger partial charge in [0, 0.05) is 12.5 Å². The van der Waals surface area contributed by atoms with Gasteiger partial charge in [0.25, 0.3) is 0 Å². The van der Waals surface area contributed by atoms with Gasteiger partial charge in [-0.25, -0.2) is 4.39 Å². The molecule has 20 heavy (non-hydrogen) atoms. The molecule has 0 radical (unpaired) electrons. The number of carbonyl (C=O) groups excluding carboxylic acids is 1. The fourth-order valence-electron chi connectivity index (χ4n) is 3.04. The molecule has 4 heteroatoms. The third kappa shape index (κ3) is 3.57. The van der Waals surface area contributed by atoms with E-state index in [0.717, 1.165) is 19.3 Å². The minimum Gasteiger partial charge on any atom is -0.353 e. The first-order chi connectivity index (χ1) is 9.61. The summed E-state index contributed by atoms with van der Waals surface area (Å²) in [6.07, 6.45) is 3.52. The first kappa shape index (κ1) is 15.0. The predicted molar refractivity (Wildman–Crippen MR) is 77.8 cm³/mol. The topological polar surface area (TPSA) is 55.1 Å². The molecule has 3 nitrogen and oxygen atoms in total. The van der Waals surface area contributed by atoms with Crippen LogP contribution in [-0.2, 0) is 4.79 Å². The summed E-state index contributed by atoms with van der Waals surface area (Å²) in [6.45, 7) is 2.50. The van der Waals surface area contributed by atoms with Crippen molar-refractivity contribution in [2.24, 2.45) is 11.7 Å². The number of benzene rings is 1. The Hall–Kier alpha value is -1.42. The van der Waals surface area contributed by atoms with Crippen LogP contribution in [0, 0.1) is 11.7 Å². The van der Waals surface area contributed by atoms with Crippen LogP contribution >= 0.6 is 0 Å². The zero-order valence-electron chi connectivity index (χ0n) is 11.9. The summed E-state index contributed by atoms with van der Waals surface area (Å²) in [6, 6.07) is 6.83. The molecule has 3 N–H and O–H groups in total. The number of halogens is 1. The molecule has 0 spiro atoms. The maximum Gasteiger partial charge on any atom is 0.220 e. The zero-order chi connectivity index (χ0) is 14.5. The lowest BCUT2D eigenvalue weighted by Crippen LogP contribution is -2.40. The Bertz CT molecular complexity index is 464. The number of rotatable bonds is 5. The number of nitrogens with two attached hydrogens (primary N) is 1. The summed E-state index contributed by atoms with van der Waals surface area (Å²) in [7, 11) is 0. The van der Waals surface area contributed by atoms with Crippen molar-refractivity contribution < 1.29 is 9.18 Å². The highest BCUT2D eigenvalue weighted by molar-refractivity contribution is 5.77. The Morgan fingerprint density at radius 3 is 2.90 bits per heavy atom. The van der Waals surface area contributed by atoms with E-state index < -0.39 is 0 Å². The Balaban J connectivity index is 1.90. The van der Waals surface area contributed by atoms with Crippen molar-refractivity contribution in [3.05, 3.63) is 35.6 Å². The normalized spacial score (nSPS) is 23.6. The van der Waals surface area contributed by atoms with E-state index in [2.05, 4.69) is 5.32 Å². The van der Waals surface area contributed by atoms with Gasteiger partial charge in [-0.3, -0.25) is 4.79 Å². The van der Waals surface area contributed by atoms with Crippen LogP contribution < -0.4 is 11.1 Å². The predicted octanol–water partition coefficient (Wildman–Crippen LogP) is 2.56. The number of hydrogen-bond acceptors (Lipinski definition) is 2. The van der Waals surface area contributed by atoms with E-state index in [0.29, 0.717) is 24.4 Å². The lowest BCUT2D eigenvalue weighted by Gasteiger charge is -2.21. The summed E-state index contributed by atoms with van der Waals surface area (Å²) in [5, 5.41) is 3.06. The number of nitrogens with one attached hydrogen (secondary N) is 1. The van der Waals surface area contributed by atoms with Crippen molar-refractivity contribution in [2.45, 2.75) is 44.6 Å². The molecular formula is C16H23FN2O. The number of amides is 1. The maximum atomic E-state index is 13.7. The molecule has 1 saturated carbocycles. The maximum absolute atomic E-state index is 13.7. The van der Waals surface area contributed by atoms with Crippen molar-refractivity contribution in [1.82, 2.24) is 5.32 Å². The number of carbonyl (C=O) groups is 1. The summed E-state index contributed by atoms with van der Waals surface area (Å²) < 4.78 is 13.7. The van der Waals surface area contributed by atoms with E-state index in [1.807, 2.05) is 6.92 Å². The quantitative estimate of drug-likeness (QED) is 0.869. The Morgan fingerprint density at radius 1 is 1.45 bits per heavy atom. The van der Waals surface area contributed by atoms with Crippen LogP contribution in [0.1, 0.15) is 44.1 Å². The molecule has 110 valence electrons. The largest absolute Gasteiger partial charge is 0.353 e. The fraction of sp³-hybridized carbons (Fsp3) is 0.562. The summed E-state index contributed by atoms with van der Waals surface area (Å²) in [5.41, 5.74) is 6.31. The third-order valence-corrected chi connectivity index (χ3v) is 4.24. The molecule has 3 atom stereocenters. The molecule has 1 aliphatic carbocycles. The van der Waals surface area contributed by atoms with Gasteiger partial charge in [-0.05, 0) is 42.9 Å². The second-order valence-corrected chi connectivity index (χ2v) is 5.73. The molecule has 3 unspecified atom stereocenters. The summed E-state index contributed by atoms with van der Waals surface area (Å²) >= 11 is 0. The lowest BCUT2D eigenvalue weighted by atomic mass is 9.96. The van der Waals surface area contributed by atoms with Gasteiger partial charge < -0.3 is 11.1 Å². The Morgan fingerprint density at radius 2 is 2.20 bits per heavy atom. The fourth-order valence-corrected chi connectivity index (χ4v) is 3.04. The van der Waals surface area contributed by atoms with E-state index in [1.54, 1.807) is 18.2 Å². The Labute approximate surface area is 119 Å². The van der Waals surface area contributed by atoms with Crippen molar-refractivity contribution in [3.8, 4) is 0 Å². The Kier molecular flexibility index (Phi) is 5.12. The highest BCUT2D eigenvalue weighted by Crippen LogP contribution is 2.26. The van der Waals surface area contributed by atoms with E-state index in [1.165, 1.54) is 6.07 Å². The molecule has 1 fully saturated rings. The molecule has 1 aromatic rings. The molecule has 1 aliphatic rings. The third-order valence-electron chi connectivity index (χ3n) is 4.24. The smallest absolute Gasteiger partial charge is 0.220 e. The van der Waals surface area contributed by atoms with Crippen LogP contribution in [0.2, 0.25) is 0 Å². The van der Waals surface area contributed by atoms with Gasteiger partial charge in [-0.2, -0.15) is 0 Å². The number of hydrogen-bond donors (Lipinski definition) is 2. The van der Waals surface area contributed by atoms with Gasteiger partial charge in [-0.15, -0.1) is 0 Å². The van der Waals surface area contributed by atoms with Crippen LogP contribution in [0.25, 0.3) is 0 Å². The van der Waals surface area contributed by atoms with Crippen LogP contribution in [0.3, 0.4) is 0 Å². The van der Waals surface area contributed by atoms with E-state index in [9.17, 15) is 9.18 Å².